The van der Waals surface area contributed by atoms with Gasteiger partial charge in [-0.15, -0.1) is 0 Å². The van der Waals surface area contributed by atoms with Crippen LogP contribution in [0.15, 0.2) is 29.3 Å². The lowest BCUT2D eigenvalue weighted by atomic mass is 10.0. The van der Waals surface area contributed by atoms with Crippen LogP contribution in [0.25, 0.3) is 0 Å². The van der Waals surface area contributed by atoms with E-state index in [9.17, 15) is 9.90 Å². The SMILES string of the molecule is CCCC(CC)c1nc(SCc2ccc(OC)cc2)c(C(=O)O)[nH]1. The Morgan fingerprint density at radius 2 is 2.04 bits per heavy atom. The molecule has 0 aliphatic carbocycles. The molecule has 1 atom stereocenters. The quantitative estimate of drug-likeness (QED) is 0.642. The zero-order valence-electron chi connectivity index (χ0n) is 14.3. The largest absolute Gasteiger partial charge is 0.497 e. The van der Waals surface area contributed by atoms with Gasteiger partial charge in [-0.2, -0.15) is 0 Å². The number of carboxylic acids is 1. The van der Waals surface area contributed by atoms with Crippen LogP contribution in [0.3, 0.4) is 0 Å². The van der Waals surface area contributed by atoms with E-state index < -0.39 is 5.97 Å². The summed E-state index contributed by atoms with van der Waals surface area (Å²) in [7, 11) is 1.63. The summed E-state index contributed by atoms with van der Waals surface area (Å²) in [6.07, 6.45) is 3.00. The molecule has 130 valence electrons. The number of aromatic nitrogens is 2. The molecule has 0 aliphatic heterocycles. The van der Waals surface area contributed by atoms with Gasteiger partial charge >= 0.3 is 5.97 Å². The van der Waals surface area contributed by atoms with Gasteiger partial charge in [-0.3, -0.25) is 0 Å². The van der Waals surface area contributed by atoms with Crippen LogP contribution in [0, 0.1) is 0 Å². The maximum atomic E-state index is 11.5. The molecule has 0 saturated carbocycles. The van der Waals surface area contributed by atoms with Crippen LogP contribution in [0.5, 0.6) is 5.75 Å². The van der Waals surface area contributed by atoms with Crippen molar-refractivity contribution in [2.24, 2.45) is 0 Å². The number of benzene rings is 1. The molecule has 0 fully saturated rings. The Morgan fingerprint density at radius 3 is 2.58 bits per heavy atom. The number of rotatable bonds is 9. The highest BCUT2D eigenvalue weighted by Crippen LogP contribution is 2.30. The molecular formula is C18H24N2O3S. The molecule has 1 unspecified atom stereocenters. The van der Waals surface area contributed by atoms with Crippen molar-refractivity contribution < 1.29 is 14.6 Å². The molecule has 6 heteroatoms. The first-order valence-corrected chi connectivity index (χ1v) is 9.16. The van der Waals surface area contributed by atoms with E-state index in [1.54, 1.807) is 7.11 Å². The Bertz CT molecular complexity index is 667. The average Bonchev–Trinajstić information content (AvgIpc) is 3.02. The van der Waals surface area contributed by atoms with Gasteiger partial charge in [0.05, 0.1) is 7.11 Å². The molecule has 0 bridgehead atoms. The zero-order valence-corrected chi connectivity index (χ0v) is 15.2. The number of aromatic carboxylic acids is 1. The summed E-state index contributed by atoms with van der Waals surface area (Å²) >= 11 is 1.44. The maximum Gasteiger partial charge on any atom is 0.355 e. The lowest BCUT2D eigenvalue weighted by molar-refractivity contribution is 0.0687. The zero-order chi connectivity index (χ0) is 17.5. The molecule has 2 aromatic rings. The van der Waals surface area contributed by atoms with E-state index in [0.717, 1.165) is 36.4 Å². The Kier molecular flexibility index (Phi) is 6.73. The van der Waals surface area contributed by atoms with Gasteiger partial charge in [-0.25, -0.2) is 9.78 Å². The van der Waals surface area contributed by atoms with Gasteiger partial charge in [-0.05, 0) is 30.5 Å². The summed E-state index contributed by atoms with van der Waals surface area (Å²) < 4.78 is 5.15. The minimum absolute atomic E-state index is 0.193. The number of imidazole rings is 1. The predicted octanol–water partition coefficient (Wildman–Crippen LogP) is 4.70. The highest BCUT2D eigenvalue weighted by molar-refractivity contribution is 7.98. The maximum absolute atomic E-state index is 11.5. The molecule has 1 heterocycles. The van der Waals surface area contributed by atoms with E-state index in [1.165, 1.54) is 11.8 Å². The second-order valence-corrected chi connectivity index (χ2v) is 6.60. The number of methoxy groups -OCH3 is 1. The second-order valence-electron chi connectivity index (χ2n) is 5.64. The van der Waals surface area contributed by atoms with Crippen LogP contribution in [-0.2, 0) is 5.75 Å². The van der Waals surface area contributed by atoms with Crippen molar-refractivity contribution in [1.82, 2.24) is 9.97 Å². The standard InChI is InChI=1S/C18H24N2O3S/c1-4-6-13(5-2)16-19-15(18(21)22)17(20-16)24-11-12-7-9-14(23-3)10-8-12/h7-10,13H,4-6,11H2,1-3H3,(H,19,20)(H,21,22). The molecule has 24 heavy (non-hydrogen) atoms. The number of H-pyrrole nitrogens is 1. The first-order valence-electron chi connectivity index (χ1n) is 8.17. The number of nitrogens with one attached hydrogen (secondary N) is 1. The van der Waals surface area contributed by atoms with Crippen molar-refractivity contribution in [2.45, 2.75) is 49.8 Å². The summed E-state index contributed by atoms with van der Waals surface area (Å²) in [5, 5.41) is 9.99. The van der Waals surface area contributed by atoms with Gasteiger partial charge in [0.25, 0.3) is 0 Å². The Balaban J connectivity index is 2.15. The minimum atomic E-state index is -0.961. The molecular weight excluding hydrogens is 324 g/mol. The summed E-state index contributed by atoms with van der Waals surface area (Å²) in [5.74, 6) is 1.58. The number of aromatic amines is 1. The Labute approximate surface area is 146 Å². The third kappa shape index (κ3) is 4.54. The minimum Gasteiger partial charge on any atom is -0.497 e. The topological polar surface area (TPSA) is 75.2 Å². The molecule has 0 saturated heterocycles. The van der Waals surface area contributed by atoms with Crippen molar-refractivity contribution in [3.8, 4) is 5.75 Å². The molecule has 1 aromatic carbocycles. The molecule has 0 amide bonds. The molecule has 1 aromatic heterocycles. The first-order chi connectivity index (χ1) is 11.6. The smallest absolute Gasteiger partial charge is 0.355 e. The normalized spacial score (nSPS) is 12.1. The highest BCUT2D eigenvalue weighted by atomic mass is 32.2. The number of hydrogen-bond donors (Lipinski definition) is 2. The summed E-state index contributed by atoms with van der Waals surface area (Å²) in [4.78, 5) is 19.1. The highest BCUT2D eigenvalue weighted by Gasteiger charge is 2.21. The van der Waals surface area contributed by atoms with E-state index in [1.807, 2.05) is 24.3 Å². The number of thioether (sulfide) groups is 1. The van der Waals surface area contributed by atoms with Gasteiger partial charge in [0.15, 0.2) is 5.69 Å². The van der Waals surface area contributed by atoms with Gasteiger partial charge in [0.2, 0.25) is 0 Å². The number of hydrogen-bond acceptors (Lipinski definition) is 4. The monoisotopic (exact) mass is 348 g/mol. The fourth-order valence-corrected chi connectivity index (χ4v) is 3.52. The van der Waals surface area contributed by atoms with Gasteiger partial charge in [0, 0.05) is 11.7 Å². The predicted molar refractivity (Wildman–Crippen MR) is 96.0 cm³/mol. The van der Waals surface area contributed by atoms with Gasteiger partial charge in [-0.1, -0.05) is 44.2 Å². The number of ether oxygens (including phenoxy) is 1. The summed E-state index contributed by atoms with van der Waals surface area (Å²) in [5.41, 5.74) is 1.29. The van der Waals surface area contributed by atoms with Crippen molar-refractivity contribution in [1.29, 1.82) is 0 Å². The number of carboxylic acid groups (broad SMARTS) is 1. The van der Waals surface area contributed by atoms with E-state index in [-0.39, 0.29) is 11.6 Å². The van der Waals surface area contributed by atoms with Gasteiger partial charge in [0.1, 0.15) is 16.6 Å². The average molecular weight is 348 g/mol. The lowest BCUT2D eigenvalue weighted by Crippen LogP contribution is -2.01. The second kappa shape index (κ2) is 8.78. The molecule has 0 aliphatic rings. The molecule has 2 rings (SSSR count). The van der Waals surface area contributed by atoms with Crippen LogP contribution in [0.4, 0.5) is 0 Å². The number of nitrogens with zero attached hydrogens (tertiary/aromatic N) is 1. The fourth-order valence-electron chi connectivity index (χ4n) is 2.57. The molecule has 0 spiro atoms. The summed E-state index contributed by atoms with van der Waals surface area (Å²) in [6.45, 7) is 4.23. The van der Waals surface area contributed by atoms with Crippen molar-refractivity contribution in [2.75, 3.05) is 7.11 Å². The van der Waals surface area contributed by atoms with E-state index in [4.69, 9.17) is 4.74 Å². The molecule has 5 nitrogen and oxygen atoms in total. The Hall–Kier alpha value is -1.95. The third-order valence-corrected chi connectivity index (χ3v) is 5.00. The first kappa shape index (κ1) is 18.4. The van der Waals surface area contributed by atoms with Crippen molar-refractivity contribution >= 4 is 17.7 Å². The lowest BCUT2D eigenvalue weighted by Gasteiger charge is -2.09. The van der Waals surface area contributed by atoms with Crippen molar-refractivity contribution in [3.63, 3.8) is 0 Å². The summed E-state index contributed by atoms with van der Waals surface area (Å²) in [6, 6.07) is 7.76. The van der Waals surface area contributed by atoms with Crippen LogP contribution >= 0.6 is 11.8 Å². The number of carbonyl (C=O) groups is 1. The van der Waals surface area contributed by atoms with E-state index >= 15 is 0 Å². The van der Waals surface area contributed by atoms with E-state index in [2.05, 4.69) is 23.8 Å². The fraction of sp³-hybridized carbons (Fsp3) is 0.444. The van der Waals surface area contributed by atoms with Crippen LogP contribution in [0.1, 0.15) is 60.9 Å². The van der Waals surface area contributed by atoms with Crippen LogP contribution in [0.2, 0.25) is 0 Å². The van der Waals surface area contributed by atoms with Gasteiger partial charge < -0.3 is 14.8 Å². The molecule has 2 N–H and O–H groups in total. The third-order valence-electron chi connectivity index (χ3n) is 3.95. The van der Waals surface area contributed by atoms with E-state index in [0.29, 0.717) is 10.8 Å². The Morgan fingerprint density at radius 1 is 1.33 bits per heavy atom. The van der Waals surface area contributed by atoms with Crippen molar-refractivity contribution in [3.05, 3.63) is 41.3 Å². The molecule has 0 radical (unpaired) electrons. The van der Waals surface area contributed by atoms with Crippen LogP contribution in [-0.4, -0.2) is 28.2 Å². The van der Waals surface area contributed by atoms with Crippen LogP contribution < -0.4 is 4.74 Å².